The lowest BCUT2D eigenvalue weighted by molar-refractivity contribution is -0.121. The summed E-state index contributed by atoms with van der Waals surface area (Å²) < 4.78 is 1.61. The van der Waals surface area contributed by atoms with Crippen molar-refractivity contribution in [1.82, 2.24) is 15.1 Å². The van der Waals surface area contributed by atoms with E-state index in [0.717, 1.165) is 6.42 Å². The molecule has 1 saturated heterocycles. The summed E-state index contributed by atoms with van der Waals surface area (Å²) in [5, 5.41) is 15.9. The maximum atomic E-state index is 12.6. The fourth-order valence-corrected chi connectivity index (χ4v) is 2.82. The fourth-order valence-electron chi connectivity index (χ4n) is 2.82. The van der Waals surface area contributed by atoms with Crippen LogP contribution in [-0.2, 0) is 11.8 Å². The summed E-state index contributed by atoms with van der Waals surface area (Å²) in [6, 6.07) is 6.82. The highest BCUT2D eigenvalue weighted by molar-refractivity contribution is 6.03. The van der Waals surface area contributed by atoms with Crippen LogP contribution >= 0.6 is 0 Å². The van der Waals surface area contributed by atoms with Gasteiger partial charge in [0.25, 0.3) is 11.8 Å². The second kappa shape index (κ2) is 6.76. The zero-order valence-electron chi connectivity index (χ0n) is 13.7. The monoisotopic (exact) mass is 342 g/mol. The van der Waals surface area contributed by atoms with Gasteiger partial charge in [-0.3, -0.25) is 19.2 Å². The minimum Gasteiger partial charge on any atom is -0.478 e. The van der Waals surface area contributed by atoms with Gasteiger partial charge in [0.2, 0.25) is 0 Å². The first-order chi connectivity index (χ1) is 12.0. The average Bonchev–Trinajstić information content (AvgIpc) is 3.03. The maximum Gasteiger partial charge on any atom is 0.335 e. The first-order valence-electron chi connectivity index (χ1n) is 7.91. The van der Waals surface area contributed by atoms with Crippen molar-refractivity contribution in [3.05, 3.63) is 47.7 Å². The van der Waals surface area contributed by atoms with Crippen LogP contribution in [0.2, 0.25) is 0 Å². The highest BCUT2D eigenvalue weighted by Gasteiger charge is 2.32. The number of carboxylic acids is 1. The topological polar surface area (TPSA) is 105 Å². The smallest absolute Gasteiger partial charge is 0.335 e. The number of aryl methyl sites for hydroxylation is 1. The first-order valence-corrected chi connectivity index (χ1v) is 7.91. The van der Waals surface area contributed by atoms with Crippen LogP contribution in [0.5, 0.6) is 0 Å². The molecule has 0 spiro atoms. The number of nitrogens with zero attached hydrogens (tertiary/aromatic N) is 3. The van der Waals surface area contributed by atoms with Crippen LogP contribution in [-0.4, -0.2) is 45.3 Å². The quantitative estimate of drug-likeness (QED) is 0.864. The summed E-state index contributed by atoms with van der Waals surface area (Å²) in [5.74, 6) is -1.24. The van der Waals surface area contributed by atoms with Crippen LogP contribution in [0.1, 0.15) is 33.6 Å². The molecule has 25 heavy (non-hydrogen) atoms. The number of carboxylic acid groups (broad SMARTS) is 1. The minimum absolute atomic E-state index is 0.0257. The molecule has 2 aromatic rings. The molecule has 1 aliphatic heterocycles. The molecular weight excluding hydrogens is 324 g/mol. The van der Waals surface area contributed by atoms with E-state index in [1.807, 2.05) is 0 Å². The Kier molecular flexibility index (Phi) is 4.51. The van der Waals surface area contributed by atoms with Gasteiger partial charge in [0.15, 0.2) is 5.82 Å². The normalized spacial score (nSPS) is 17.4. The van der Waals surface area contributed by atoms with Crippen molar-refractivity contribution in [3.63, 3.8) is 0 Å². The number of rotatable bonds is 4. The highest BCUT2D eigenvalue weighted by atomic mass is 16.4. The minimum atomic E-state index is -1.11. The fraction of sp³-hybridized carbons (Fsp3) is 0.294. The maximum absolute atomic E-state index is 12.6. The average molecular weight is 342 g/mol. The zero-order valence-corrected chi connectivity index (χ0v) is 13.7. The zero-order chi connectivity index (χ0) is 18.0. The number of carbonyl (C=O) groups excluding carboxylic acids is 2. The molecule has 1 aliphatic rings. The number of benzene rings is 1. The van der Waals surface area contributed by atoms with Gasteiger partial charge in [0, 0.05) is 31.4 Å². The summed E-state index contributed by atoms with van der Waals surface area (Å²) in [4.78, 5) is 37.6. The van der Waals surface area contributed by atoms with E-state index in [4.69, 9.17) is 5.11 Å². The van der Waals surface area contributed by atoms with Crippen molar-refractivity contribution in [2.75, 3.05) is 11.4 Å². The van der Waals surface area contributed by atoms with Gasteiger partial charge in [-0.1, -0.05) is 6.07 Å². The predicted molar refractivity (Wildman–Crippen MR) is 89.5 cm³/mol. The third-order valence-corrected chi connectivity index (χ3v) is 4.09. The Hall–Kier alpha value is -3.16. The highest BCUT2D eigenvalue weighted by Crippen LogP contribution is 2.19. The van der Waals surface area contributed by atoms with E-state index in [-0.39, 0.29) is 17.0 Å². The molecule has 130 valence electrons. The van der Waals surface area contributed by atoms with E-state index in [1.54, 1.807) is 28.9 Å². The van der Waals surface area contributed by atoms with Gasteiger partial charge in [-0.05, 0) is 31.0 Å². The Bertz CT molecular complexity index is 830. The molecule has 1 aromatic carbocycles. The molecule has 0 saturated carbocycles. The van der Waals surface area contributed by atoms with Crippen LogP contribution in [0.25, 0.3) is 0 Å². The lowest BCUT2D eigenvalue weighted by Crippen LogP contribution is -2.52. The van der Waals surface area contributed by atoms with Crippen molar-refractivity contribution in [2.45, 2.75) is 18.9 Å². The Morgan fingerprint density at radius 1 is 1.28 bits per heavy atom. The molecular formula is C17H18N4O4. The van der Waals surface area contributed by atoms with Gasteiger partial charge in [-0.15, -0.1) is 0 Å². The second-order valence-electron chi connectivity index (χ2n) is 5.89. The molecule has 1 fully saturated rings. The third-order valence-electron chi connectivity index (χ3n) is 4.09. The van der Waals surface area contributed by atoms with Gasteiger partial charge >= 0.3 is 5.97 Å². The van der Waals surface area contributed by atoms with Crippen molar-refractivity contribution >= 4 is 23.6 Å². The lowest BCUT2D eigenvalue weighted by Gasteiger charge is -2.31. The van der Waals surface area contributed by atoms with Crippen molar-refractivity contribution < 1.29 is 19.5 Å². The molecule has 8 nitrogen and oxygen atoms in total. The Morgan fingerprint density at radius 3 is 2.72 bits per heavy atom. The Morgan fingerprint density at radius 2 is 2.04 bits per heavy atom. The van der Waals surface area contributed by atoms with Gasteiger partial charge in [-0.2, -0.15) is 5.10 Å². The van der Waals surface area contributed by atoms with Crippen LogP contribution < -0.4 is 10.2 Å². The third kappa shape index (κ3) is 3.52. The number of aromatic carboxylic acids is 1. The summed E-state index contributed by atoms with van der Waals surface area (Å²) in [5.41, 5.74) is 0.236. The number of carbonyl (C=O) groups is 3. The molecule has 8 heteroatoms. The van der Waals surface area contributed by atoms with Gasteiger partial charge in [0.05, 0.1) is 5.56 Å². The predicted octanol–water partition coefficient (Wildman–Crippen LogP) is 1.04. The lowest BCUT2D eigenvalue weighted by atomic mass is 10.0. The van der Waals surface area contributed by atoms with E-state index in [1.165, 1.54) is 24.3 Å². The number of anilines is 1. The summed E-state index contributed by atoms with van der Waals surface area (Å²) in [6.45, 7) is 0.552. The molecule has 1 atom stereocenters. The Labute approximate surface area is 144 Å². The number of nitrogens with one attached hydrogen (secondary N) is 1. The molecule has 2 N–H and O–H groups in total. The number of aromatic nitrogens is 2. The number of hydrogen-bond donors (Lipinski definition) is 2. The van der Waals surface area contributed by atoms with Gasteiger partial charge < -0.3 is 10.4 Å². The molecule has 3 rings (SSSR count). The largest absolute Gasteiger partial charge is 0.478 e. The van der Waals surface area contributed by atoms with E-state index in [9.17, 15) is 14.4 Å². The van der Waals surface area contributed by atoms with E-state index in [0.29, 0.717) is 18.8 Å². The van der Waals surface area contributed by atoms with Gasteiger partial charge in [-0.25, -0.2) is 4.79 Å². The van der Waals surface area contributed by atoms with Crippen molar-refractivity contribution in [1.29, 1.82) is 0 Å². The molecule has 1 aromatic heterocycles. The summed E-state index contributed by atoms with van der Waals surface area (Å²) in [7, 11) is 1.77. The van der Waals surface area contributed by atoms with E-state index in [2.05, 4.69) is 10.4 Å². The molecule has 2 amide bonds. The molecule has 0 radical (unpaired) electrons. The summed E-state index contributed by atoms with van der Waals surface area (Å²) in [6.07, 6.45) is 3.02. The van der Waals surface area contributed by atoms with Crippen molar-refractivity contribution in [2.24, 2.45) is 7.05 Å². The molecule has 0 aliphatic carbocycles. The Balaban J connectivity index is 1.73. The van der Waals surface area contributed by atoms with Crippen molar-refractivity contribution in [3.8, 4) is 0 Å². The standard InChI is InChI=1S/C17H18N4O4/c1-20-9-7-14(19-20)21-8-3-6-13(16(21)23)18-15(22)11-4-2-5-12(10-11)17(24)25/h2,4-5,7,9-10,13H,3,6,8H2,1H3,(H,18,22)(H,24,25)/t13-/m1/s1. The van der Waals surface area contributed by atoms with Crippen LogP contribution in [0.15, 0.2) is 36.5 Å². The van der Waals surface area contributed by atoms with Crippen LogP contribution in [0.4, 0.5) is 5.82 Å². The van der Waals surface area contributed by atoms with Gasteiger partial charge in [0.1, 0.15) is 6.04 Å². The number of amides is 2. The number of piperidine rings is 1. The molecule has 2 heterocycles. The van der Waals surface area contributed by atoms with Crippen LogP contribution in [0, 0.1) is 0 Å². The summed E-state index contributed by atoms with van der Waals surface area (Å²) >= 11 is 0. The van der Waals surface area contributed by atoms with E-state index >= 15 is 0 Å². The molecule has 0 unspecified atom stereocenters. The SMILES string of the molecule is Cn1ccc(N2CCC[C@@H](NC(=O)c3cccc(C(=O)O)c3)C2=O)n1. The second-order valence-corrected chi connectivity index (χ2v) is 5.89. The molecule has 0 bridgehead atoms. The number of hydrogen-bond acceptors (Lipinski definition) is 4. The first kappa shape index (κ1) is 16.7. The van der Waals surface area contributed by atoms with E-state index < -0.39 is 17.9 Å². The van der Waals surface area contributed by atoms with Crippen LogP contribution in [0.3, 0.4) is 0 Å².